The molecule has 0 saturated heterocycles. The molecular formula is C19H18F3N3O3. The van der Waals surface area contributed by atoms with Crippen LogP contribution in [0.15, 0.2) is 36.4 Å². The van der Waals surface area contributed by atoms with Gasteiger partial charge < -0.3 is 19.5 Å². The number of ether oxygens (including phenoxy) is 3. The lowest BCUT2D eigenvalue weighted by molar-refractivity contribution is -0.144. The predicted molar refractivity (Wildman–Crippen MR) is 98.0 cm³/mol. The number of nitrogens with zero attached hydrogens (tertiary/aromatic N) is 2. The minimum absolute atomic E-state index is 0.0317. The van der Waals surface area contributed by atoms with Crippen LogP contribution in [0.3, 0.4) is 0 Å². The number of aromatic nitrogens is 2. The molecule has 3 aromatic rings. The van der Waals surface area contributed by atoms with Crippen molar-refractivity contribution in [3.63, 3.8) is 0 Å². The van der Waals surface area contributed by atoms with E-state index in [1.54, 1.807) is 18.2 Å². The molecule has 0 aliphatic carbocycles. The Hall–Kier alpha value is -3.23. The Morgan fingerprint density at radius 3 is 2.18 bits per heavy atom. The van der Waals surface area contributed by atoms with E-state index in [1.165, 1.54) is 27.4 Å². The number of fused-ring (bicyclic) bond motifs is 1. The number of benzene rings is 2. The number of rotatable bonds is 6. The fraction of sp³-hybridized carbons (Fsp3) is 0.263. The first-order valence-electron chi connectivity index (χ1n) is 8.24. The normalized spacial score (nSPS) is 11.4. The van der Waals surface area contributed by atoms with Gasteiger partial charge in [0.05, 0.1) is 26.8 Å². The fourth-order valence-electron chi connectivity index (χ4n) is 2.75. The topological polar surface area (TPSA) is 65.5 Å². The van der Waals surface area contributed by atoms with Gasteiger partial charge in [0.2, 0.25) is 5.82 Å². The molecule has 1 N–H and O–H groups in total. The third-order valence-corrected chi connectivity index (χ3v) is 4.09. The van der Waals surface area contributed by atoms with Gasteiger partial charge in [-0.25, -0.2) is 9.97 Å². The largest absolute Gasteiger partial charge is 0.496 e. The lowest BCUT2D eigenvalue weighted by Crippen LogP contribution is -2.14. The van der Waals surface area contributed by atoms with E-state index in [2.05, 4.69) is 15.3 Å². The molecule has 2 aromatic carbocycles. The van der Waals surface area contributed by atoms with Crippen molar-refractivity contribution in [3.8, 4) is 17.2 Å². The molecule has 0 fully saturated rings. The summed E-state index contributed by atoms with van der Waals surface area (Å²) in [7, 11) is 4.37. The van der Waals surface area contributed by atoms with Gasteiger partial charge in [0, 0.05) is 23.6 Å². The van der Waals surface area contributed by atoms with E-state index in [1.807, 2.05) is 12.1 Å². The summed E-state index contributed by atoms with van der Waals surface area (Å²) in [6.07, 6.45) is -4.69. The molecule has 0 saturated carbocycles. The monoisotopic (exact) mass is 393 g/mol. The van der Waals surface area contributed by atoms with Gasteiger partial charge in [0.15, 0.2) is 11.5 Å². The summed E-state index contributed by atoms with van der Waals surface area (Å²) in [5, 5.41) is 3.33. The van der Waals surface area contributed by atoms with Crippen LogP contribution in [0.25, 0.3) is 10.9 Å². The number of anilines is 1. The van der Waals surface area contributed by atoms with Crippen molar-refractivity contribution in [2.45, 2.75) is 12.7 Å². The summed E-state index contributed by atoms with van der Waals surface area (Å²) in [4.78, 5) is 7.33. The van der Waals surface area contributed by atoms with Crippen molar-refractivity contribution < 1.29 is 27.4 Å². The van der Waals surface area contributed by atoms with E-state index in [0.29, 0.717) is 16.9 Å². The molecule has 1 aromatic heterocycles. The van der Waals surface area contributed by atoms with Crippen LogP contribution in [-0.4, -0.2) is 31.3 Å². The molecule has 1 heterocycles. The molecule has 0 amide bonds. The lowest BCUT2D eigenvalue weighted by atomic mass is 10.1. The fourth-order valence-corrected chi connectivity index (χ4v) is 2.75. The third-order valence-electron chi connectivity index (χ3n) is 4.09. The lowest BCUT2D eigenvalue weighted by Gasteiger charge is -2.15. The minimum atomic E-state index is -4.69. The van der Waals surface area contributed by atoms with Crippen LogP contribution in [0, 0.1) is 0 Å². The van der Waals surface area contributed by atoms with E-state index >= 15 is 0 Å². The van der Waals surface area contributed by atoms with Crippen molar-refractivity contribution in [1.29, 1.82) is 0 Å². The van der Waals surface area contributed by atoms with Gasteiger partial charge in [0.1, 0.15) is 11.6 Å². The maximum atomic E-state index is 13.3. The molecule has 0 unspecified atom stereocenters. The van der Waals surface area contributed by atoms with Crippen LogP contribution in [0.5, 0.6) is 17.2 Å². The average molecular weight is 393 g/mol. The smallest absolute Gasteiger partial charge is 0.451 e. The van der Waals surface area contributed by atoms with Gasteiger partial charge in [-0.1, -0.05) is 18.2 Å². The SMILES string of the molecule is COc1ccccc1CNc1nc(C(F)(F)F)nc2cc(OC)c(OC)cc12. The standard InChI is InChI=1S/C19H18F3N3O3/c1-26-14-7-5-4-6-11(14)10-23-17-12-8-15(27-2)16(28-3)9-13(12)24-18(25-17)19(20,21)22/h4-9H,10H2,1-3H3,(H,23,24,25). The van der Waals surface area contributed by atoms with Crippen molar-refractivity contribution in [3.05, 3.63) is 47.8 Å². The minimum Gasteiger partial charge on any atom is -0.496 e. The molecular weight excluding hydrogens is 375 g/mol. The highest BCUT2D eigenvalue weighted by Gasteiger charge is 2.35. The molecule has 0 radical (unpaired) electrons. The summed E-state index contributed by atoms with van der Waals surface area (Å²) < 4.78 is 55.5. The van der Waals surface area contributed by atoms with Crippen molar-refractivity contribution in [2.24, 2.45) is 0 Å². The Bertz CT molecular complexity index is 993. The second-order valence-corrected chi connectivity index (χ2v) is 5.78. The number of hydrogen-bond donors (Lipinski definition) is 1. The number of nitrogens with one attached hydrogen (secondary N) is 1. The summed E-state index contributed by atoms with van der Waals surface area (Å²) >= 11 is 0. The molecule has 148 valence electrons. The molecule has 0 atom stereocenters. The molecule has 6 nitrogen and oxygen atoms in total. The number of para-hydroxylation sites is 1. The van der Waals surface area contributed by atoms with Gasteiger partial charge in [-0.3, -0.25) is 0 Å². The zero-order chi connectivity index (χ0) is 20.3. The molecule has 0 spiro atoms. The van der Waals surface area contributed by atoms with E-state index in [9.17, 15) is 13.2 Å². The van der Waals surface area contributed by atoms with Crippen LogP contribution < -0.4 is 19.5 Å². The van der Waals surface area contributed by atoms with Gasteiger partial charge >= 0.3 is 6.18 Å². The third kappa shape index (κ3) is 3.88. The Labute approximate surface area is 159 Å². The highest BCUT2D eigenvalue weighted by atomic mass is 19.4. The van der Waals surface area contributed by atoms with E-state index in [4.69, 9.17) is 14.2 Å². The molecule has 0 bridgehead atoms. The highest BCUT2D eigenvalue weighted by molar-refractivity contribution is 5.92. The molecule has 28 heavy (non-hydrogen) atoms. The predicted octanol–water partition coefficient (Wildman–Crippen LogP) is 4.29. The number of hydrogen-bond acceptors (Lipinski definition) is 6. The Balaban J connectivity index is 2.10. The summed E-state index contributed by atoms with van der Waals surface area (Å²) in [5.41, 5.74) is 0.855. The van der Waals surface area contributed by atoms with Gasteiger partial charge in [-0.2, -0.15) is 13.2 Å². The maximum Gasteiger partial charge on any atom is 0.451 e. The number of halogens is 3. The summed E-state index contributed by atoms with van der Waals surface area (Å²) in [6, 6.07) is 10.1. The maximum absolute atomic E-state index is 13.3. The Morgan fingerprint density at radius 2 is 1.54 bits per heavy atom. The van der Waals surface area contributed by atoms with Crippen molar-refractivity contribution in [2.75, 3.05) is 26.6 Å². The Morgan fingerprint density at radius 1 is 0.893 bits per heavy atom. The van der Waals surface area contributed by atoms with E-state index in [-0.39, 0.29) is 23.6 Å². The average Bonchev–Trinajstić information content (AvgIpc) is 2.70. The first-order valence-corrected chi connectivity index (χ1v) is 8.24. The first-order chi connectivity index (χ1) is 13.4. The van der Waals surface area contributed by atoms with Crippen LogP contribution in [0.2, 0.25) is 0 Å². The Kier molecular flexibility index (Phi) is 5.43. The van der Waals surface area contributed by atoms with Gasteiger partial charge in [-0.15, -0.1) is 0 Å². The quantitative estimate of drug-likeness (QED) is 0.674. The summed E-state index contributed by atoms with van der Waals surface area (Å²) in [5.74, 6) is 0.0405. The number of methoxy groups -OCH3 is 3. The van der Waals surface area contributed by atoms with Crippen LogP contribution in [0.1, 0.15) is 11.4 Å². The molecule has 3 rings (SSSR count). The van der Waals surface area contributed by atoms with E-state index in [0.717, 1.165) is 5.56 Å². The zero-order valence-electron chi connectivity index (χ0n) is 15.4. The molecule has 0 aliphatic rings. The van der Waals surface area contributed by atoms with Crippen molar-refractivity contribution in [1.82, 2.24) is 9.97 Å². The van der Waals surface area contributed by atoms with Gasteiger partial charge in [-0.05, 0) is 12.1 Å². The molecule has 0 aliphatic heterocycles. The van der Waals surface area contributed by atoms with Crippen LogP contribution in [0.4, 0.5) is 19.0 Å². The van der Waals surface area contributed by atoms with E-state index < -0.39 is 12.0 Å². The van der Waals surface area contributed by atoms with Gasteiger partial charge in [0.25, 0.3) is 0 Å². The summed E-state index contributed by atoms with van der Waals surface area (Å²) in [6.45, 7) is 0.210. The zero-order valence-corrected chi connectivity index (χ0v) is 15.4. The molecule has 9 heteroatoms. The van der Waals surface area contributed by atoms with Crippen LogP contribution >= 0.6 is 0 Å². The number of alkyl halides is 3. The first kappa shape index (κ1) is 19.5. The van der Waals surface area contributed by atoms with Crippen molar-refractivity contribution >= 4 is 16.7 Å². The highest BCUT2D eigenvalue weighted by Crippen LogP contribution is 2.36. The second-order valence-electron chi connectivity index (χ2n) is 5.78. The van der Waals surface area contributed by atoms with Crippen LogP contribution in [-0.2, 0) is 12.7 Å². The second kappa shape index (κ2) is 7.79.